The summed E-state index contributed by atoms with van der Waals surface area (Å²) in [7, 11) is 1.50. The first-order valence-electron chi connectivity index (χ1n) is 9.96. The molecular formula is C22H22ClN3O5. The minimum atomic E-state index is -0.404. The molecule has 31 heavy (non-hydrogen) atoms. The van der Waals surface area contributed by atoms with Crippen LogP contribution in [0.5, 0.6) is 11.5 Å². The second kappa shape index (κ2) is 8.85. The number of rotatable bonds is 5. The average molecular weight is 444 g/mol. The second-order valence-corrected chi connectivity index (χ2v) is 7.76. The van der Waals surface area contributed by atoms with Gasteiger partial charge in [0, 0.05) is 24.3 Å². The van der Waals surface area contributed by atoms with Gasteiger partial charge < -0.3 is 19.7 Å². The lowest BCUT2D eigenvalue weighted by molar-refractivity contribution is -0.123. The standard InChI is InChI=1S/C22H22ClN3O5/c1-30-18-7-5-15(11-16(18)23)24-20(27)12-26-17-10-14(22(29)25-8-2-3-9-25)4-6-19(17)31-13-21(26)28/h4-7,10-11H,2-3,8-9,12-13H2,1H3,(H,24,27). The third-order valence-corrected chi connectivity index (χ3v) is 5.57. The summed E-state index contributed by atoms with van der Waals surface area (Å²) in [6.45, 7) is 1.05. The topological polar surface area (TPSA) is 88.2 Å². The first kappa shape index (κ1) is 21.0. The Morgan fingerprint density at radius 1 is 1.16 bits per heavy atom. The average Bonchev–Trinajstić information content (AvgIpc) is 3.30. The summed E-state index contributed by atoms with van der Waals surface area (Å²) in [6, 6.07) is 9.84. The van der Waals surface area contributed by atoms with Crippen LogP contribution >= 0.6 is 11.6 Å². The van der Waals surface area contributed by atoms with Crippen molar-refractivity contribution in [3.63, 3.8) is 0 Å². The minimum absolute atomic E-state index is 0.0874. The zero-order chi connectivity index (χ0) is 22.0. The number of likely N-dealkylation sites (tertiary alicyclic amines) is 1. The van der Waals surface area contributed by atoms with Crippen molar-refractivity contribution in [1.82, 2.24) is 4.90 Å². The molecule has 0 bridgehead atoms. The summed E-state index contributed by atoms with van der Waals surface area (Å²) in [5, 5.41) is 3.09. The molecule has 0 aromatic heterocycles. The predicted molar refractivity (Wildman–Crippen MR) is 116 cm³/mol. The van der Waals surface area contributed by atoms with Crippen LogP contribution < -0.4 is 19.7 Å². The molecule has 1 N–H and O–H groups in total. The fourth-order valence-corrected chi connectivity index (χ4v) is 3.96. The first-order valence-corrected chi connectivity index (χ1v) is 10.3. The van der Waals surface area contributed by atoms with E-state index in [-0.39, 0.29) is 25.0 Å². The Morgan fingerprint density at radius 3 is 2.65 bits per heavy atom. The lowest BCUT2D eigenvalue weighted by Gasteiger charge is -2.29. The zero-order valence-corrected chi connectivity index (χ0v) is 17.8. The normalized spacial score (nSPS) is 15.4. The highest BCUT2D eigenvalue weighted by atomic mass is 35.5. The molecule has 162 valence electrons. The van der Waals surface area contributed by atoms with Crippen molar-refractivity contribution < 1.29 is 23.9 Å². The second-order valence-electron chi connectivity index (χ2n) is 7.35. The van der Waals surface area contributed by atoms with Gasteiger partial charge in [0.25, 0.3) is 11.8 Å². The molecule has 0 spiro atoms. The Morgan fingerprint density at radius 2 is 1.94 bits per heavy atom. The summed E-state index contributed by atoms with van der Waals surface area (Å²) in [4.78, 5) is 41.0. The summed E-state index contributed by atoms with van der Waals surface area (Å²) < 4.78 is 10.6. The first-order chi connectivity index (χ1) is 15.0. The molecule has 2 aromatic carbocycles. The van der Waals surface area contributed by atoms with Gasteiger partial charge in [0.05, 0.1) is 17.8 Å². The van der Waals surface area contributed by atoms with Gasteiger partial charge in [0.2, 0.25) is 5.91 Å². The van der Waals surface area contributed by atoms with E-state index >= 15 is 0 Å². The van der Waals surface area contributed by atoms with E-state index in [1.165, 1.54) is 12.0 Å². The van der Waals surface area contributed by atoms with Gasteiger partial charge in [0.1, 0.15) is 18.0 Å². The van der Waals surface area contributed by atoms with Crippen molar-refractivity contribution in [3.05, 3.63) is 47.0 Å². The number of hydrogen-bond acceptors (Lipinski definition) is 5. The van der Waals surface area contributed by atoms with E-state index in [1.807, 2.05) is 0 Å². The van der Waals surface area contributed by atoms with Crippen LogP contribution in [0.1, 0.15) is 23.2 Å². The summed E-state index contributed by atoms with van der Waals surface area (Å²) in [5.41, 5.74) is 1.35. The van der Waals surface area contributed by atoms with Crippen LogP contribution in [-0.2, 0) is 9.59 Å². The van der Waals surface area contributed by atoms with E-state index < -0.39 is 5.91 Å². The molecule has 2 aliphatic heterocycles. The number of hydrogen-bond donors (Lipinski definition) is 1. The molecule has 4 rings (SSSR count). The highest BCUT2D eigenvalue weighted by Crippen LogP contribution is 2.34. The Bertz CT molecular complexity index is 1040. The largest absolute Gasteiger partial charge is 0.495 e. The molecule has 3 amide bonds. The minimum Gasteiger partial charge on any atom is -0.495 e. The van der Waals surface area contributed by atoms with Gasteiger partial charge >= 0.3 is 0 Å². The molecule has 0 aliphatic carbocycles. The van der Waals surface area contributed by atoms with Crippen LogP contribution in [-0.4, -0.2) is 56.0 Å². The maximum Gasteiger partial charge on any atom is 0.265 e. The van der Waals surface area contributed by atoms with Crippen molar-refractivity contribution in [2.75, 3.05) is 43.6 Å². The number of carbonyl (C=O) groups excluding carboxylic acids is 3. The van der Waals surface area contributed by atoms with E-state index in [9.17, 15) is 14.4 Å². The molecule has 2 aliphatic rings. The number of nitrogens with zero attached hydrogens (tertiary/aromatic N) is 2. The Labute approximate surface area is 184 Å². The molecule has 0 saturated carbocycles. The lowest BCUT2D eigenvalue weighted by Crippen LogP contribution is -2.43. The third kappa shape index (κ3) is 4.44. The molecule has 0 atom stereocenters. The smallest absolute Gasteiger partial charge is 0.265 e. The zero-order valence-electron chi connectivity index (χ0n) is 17.0. The maximum atomic E-state index is 12.7. The maximum absolute atomic E-state index is 12.7. The Kier molecular flexibility index (Phi) is 5.99. The number of ether oxygens (including phenoxy) is 2. The van der Waals surface area contributed by atoms with Crippen LogP contribution in [0.4, 0.5) is 11.4 Å². The van der Waals surface area contributed by atoms with Gasteiger partial charge in [-0.2, -0.15) is 0 Å². The van der Waals surface area contributed by atoms with Gasteiger partial charge in [-0.05, 0) is 49.2 Å². The molecule has 0 radical (unpaired) electrons. The molecular weight excluding hydrogens is 422 g/mol. The van der Waals surface area contributed by atoms with Crippen molar-refractivity contribution in [3.8, 4) is 11.5 Å². The number of benzene rings is 2. The van der Waals surface area contributed by atoms with E-state index in [0.717, 1.165) is 25.9 Å². The molecule has 2 heterocycles. The van der Waals surface area contributed by atoms with Crippen LogP contribution in [0, 0.1) is 0 Å². The molecule has 1 saturated heterocycles. The fourth-order valence-electron chi connectivity index (χ4n) is 3.70. The molecule has 8 nitrogen and oxygen atoms in total. The van der Waals surface area contributed by atoms with Gasteiger partial charge in [-0.15, -0.1) is 0 Å². The van der Waals surface area contributed by atoms with Gasteiger partial charge in [-0.25, -0.2) is 0 Å². The van der Waals surface area contributed by atoms with E-state index in [2.05, 4.69) is 5.32 Å². The highest BCUT2D eigenvalue weighted by molar-refractivity contribution is 6.32. The summed E-state index contributed by atoms with van der Waals surface area (Å²) >= 11 is 6.10. The third-order valence-electron chi connectivity index (χ3n) is 5.28. The number of halogens is 1. The van der Waals surface area contributed by atoms with E-state index in [0.29, 0.717) is 33.5 Å². The van der Waals surface area contributed by atoms with Gasteiger partial charge in [-0.1, -0.05) is 11.6 Å². The van der Waals surface area contributed by atoms with Gasteiger partial charge in [0.15, 0.2) is 6.61 Å². The van der Waals surface area contributed by atoms with Crippen LogP contribution in [0.2, 0.25) is 5.02 Å². The van der Waals surface area contributed by atoms with Crippen LogP contribution in [0.3, 0.4) is 0 Å². The van der Waals surface area contributed by atoms with Crippen LogP contribution in [0.15, 0.2) is 36.4 Å². The number of methoxy groups -OCH3 is 1. The molecule has 9 heteroatoms. The SMILES string of the molecule is COc1ccc(NC(=O)CN2C(=O)COc3ccc(C(=O)N4CCCC4)cc32)cc1Cl. The lowest BCUT2D eigenvalue weighted by atomic mass is 10.1. The molecule has 1 fully saturated rings. The van der Waals surface area contributed by atoms with Crippen LogP contribution in [0.25, 0.3) is 0 Å². The van der Waals surface area contributed by atoms with Crippen molar-refractivity contribution in [1.29, 1.82) is 0 Å². The van der Waals surface area contributed by atoms with Crippen molar-refractivity contribution in [2.45, 2.75) is 12.8 Å². The molecule has 2 aromatic rings. The number of fused-ring (bicyclic) bond motifs is 1. The number of carbonyl (C=O) groups is 3. The van der Waals surface area contributed by atoms with E-state index in [4.69, 9.17) is 21.1 Å². The monoisotopic (exact) mass is 443 g/mol. The van der Waals surface area contributed by atoms with Gasteiger partial charge in [-0.3, -0.25) is 19.3 Å². The summed E-state index contributed by atoms with van der Waals surface area (Å²) in [6.07, 6.45) is 1.97. The fraction of sp³-hybridized carbons (Fsp3) is 0.318. The highest BCUT2D eigenvalue weighted by Gasteiger charge is 2.29. The Hall–Kier alpha value is -3.26. The van der Waals surface area contributed by atoms with E-state index in [1.54, 1.807) is 41.3 Å². The molecule has 0 unspecified atom stereocenters. The quantitative estimate of drug-likeness (QED) is 0.767. The van der Waals surface area contributed by atoms with Crippen molar-refractivity contribution >= 4 is 40.7 Å². The predicted octanol–water partition coefficient (Wildman–Crippen LogP) is 2.95. The number of nitrogens with one attached hydrogen (secondary N) is 1. The van der Waals surface area contributed by atoms with Crippen molar-refractivity contribution in [2.24, 2.45) is 0 Å². The number of amides is 3. The Balaban J connectivity index is 1.52. The summed E-state index contributed by atoms with van der Waals surface area (Å²) in [5.74, 6) is 0.0977. The number of anilines is 2.